The molecule has 0 fully saturated rings. The van der Waals surface area contributed by atoms with Gasteiger partial charge < -0.3 is 5.11 Å². The minimum absolute atomic E-state index is 0.00995. The maximum Gasteiger partial charge on any atom is 0.137 e. The first kappa shape index (κ1) is 9.01. The number of nitriles is 1. The quantitative estimate of drug-likeness (QED) is 0.804. The maximum absolute atomic E-state index is 12.8. The van der Waals surface area contributed by atoms with Crippen molar-refractivity contribution in [3.05, 3.63) is 28.0 Å². The van der Waals surface area contributed by atoms with Crippen LogP contribution in [0, 0.1) is 17.1 Å². The third-order valence-electron chi connectivity index (χ3n) is 1.39. The van der Waals surface area contributed by atoms with Crippen LogP contribution in [0.25, 0.3) is 0 Å². The molecule has 0 aromatic heterocycles. The lowest BCUT2D eigenvalue weighted by molar-refractivity contribution is 0.466. The minimum atomic E-state index is -0.474. The number of benzene rings is 1. The lowest BCUT2D eigenvalue weighted by Gasteiger charge is -2.01. The van der Waals surface area contributed by atoms with Crippen LogP contribution >= 0.6 is 15.9 Å². The van der Waals surface area contributed by atoms with Gasteiger partial charge in [0.15, 0.2) is 0 Å². The van der Waals surface area contributed by atoms with Gasteiger partial charge >= 0.3 is 0 Å². The van der Waals surface area contributed by atoms with Crippen LogP contribution in [-0.4, -0.2) is 5.11 Å². The van der Waals surface area contributed by atoms with E-state index in [4.69, 9.17) is 5.26 Å². The summed E-state index contributed by atoms with van der Waals surface area (Å²) in [5.41, 5.74) is 0.304. The van der Waals surface area contributed by atoms with Gasteiger partial charge in [-0.1, -0.05) is 0 Å². The molecule has 2 nitrogen and oxygen atoms in total. The van der Waals surface area contributed by atoms with E-state index in [0.717, 1.165) is 6.07 Å². The molecule has 1 rings (SSSR count). The second-order valence-electron chi connectivity index (χ2n) is 2.23. The highest BCUT2D eigenvalue weighted by atomic mass is 79.9. The first-order chi connectivity index (χ1) is 5.65. The third-order valence-corrected chi connectivity index (χ3v) is 2.00. The molecule has 1 N–H and O–H groups in total. The van der Waals surface area contributed by atoms with Crippen LogP contribution in [-0.2, 0) is 6.42 Å². The summed E-state index contributed by atoms with van der Waals surface area (Å²) < 4.78 is 13.0. The van der Waals surface area contributed by atoms with E-state index in [1.165, 1.54) is 6.07 Å². The van der Waals surface area contributed by atoms with Crippen LogP contribution in [0.2, 0.25) is 0 Å². The Morgan fingerprint density at radius 3 is 2.83 bits per heavy atom. The van der Waals surface area contributed by atoms with Gasteiger partial charge in [-0.15, -0.1) is 0 Å². The zero-order chi connectivity index (χ0) is 9.14. The standard InChI is InChI=1S/C8H5BrFNO/c9-6-4-8(12)5(1-2-11)3-7(6)10/h3-4,12H,1H2. The molecule has 0 aliphatic carbocycles. The lowest BCUT2D eigenvalue weighted by Crippen LogP contribution is -1.86. The average molecular weight is 230 g/mol. The van der Waals surface area contributed by atoms with Gasteiger partial charge in [0.25, 0.3) is 0 Å². The zero-order valence-corrected chi connectivity index (χ0v) is 7.60. The van der Waals surface area contributed by atoms with Gasteiger partial charge in [-0.2, -0.15) is 5.26 Å². The normalized spacial score (nSPS) is 9.42. The number of hydrogen-bond acceptors (Lipinski definition) is 2. The fourth-order valence-corrected chi connectivity index (χ4v) is 1.14. The molecule has 0 bridgehead atoms. The monoisotopic (exact) mass is 229 g/mol. The van der Waals surface area contributed by atoms with Crippen LogP contribution in [0.4, 0.5) is 4.39 Å². The molecule has 4 heteroatoms. The number of phenols is 1. The van der Waals surface area contributed by atoms with E-state index in [1.807, 2.05) is 6.07 Å². The highest BCUT2D eigenvalue weighted by Gasteiger charge is 2.06. The van der Waals surface area contributed by atoms with Crippen molar-refractivity contribution in [3.8, 4) is 11.8 Å². The highest BCUT2D eigenvalue weighted by molar-refractivity contribution is 9.10. The van der Waals surface area contributed by atoms with Gasteiger partial charge in [0, 0.05) is 5.56 Å². The Bertz CT molecular complexity index is 346. The van der Waals surface area contributed by atoms with E-state index < -0.39 is 5.82 Å². The van der Waals surface area contributed by atoms with Crippen molar-refractivity contribution in [3.63, 3.8) is 0 Å². The predicted molar refractivity (Wildman–Crippen MR) is 45.1 cm³/mol. The SMILES string of the molecule is N#CCc1cc(F)c(Br)cc1O. The average Bonchev–Trinajstić information content (AvgIpc) is 2.01. The van der Waals surface area contributed by atoms with Gasteiger partial charge in [-0.3, -0.25) is 0 Å². The molecule has 62 valence electrons. The Balaban J connectivity index is 3.16. The molecule has 0 aliphatic rings. The first-order valence-electron chi connectivity index (χ1n) is 3.19. The fourth-order valence-electron chi connectivity index (χ4n) is 0.804. The molecule has 0 unspecified atom stereocenters. The summed E-state index contributed by atoms with van der Waals surface area (Å²) >= 11 is 2.91. The minimum Gasteiger partial charge on any atom is -0.508 e. The van der Waals surface area contributed by atoms with Gasteiger partial charge in [-0.25, -0.2) is 4.39 Å². The number of halogens is 2. The Morgan fingerprint density at radius 2 is 2.25 bits per heavy atom. The molecular formula is C8H5BrFNO. The lowest BCUT2D eigenvalue weighted by atomic mass is 10.1. The van der Waals surface area contributed by atoms with E-state index in [0.29, 0.717) is 5.56 Å². The van der Waals surface area contributed by atoms with Crippen LogP contribution in [0.5, 0.6) is 5.75 Å². The van der Waals surface area contributed by atoms with Crippen molar-refractivity contribution in [2.45, 2.75) is 6.42 Å². The number of hydrogen-bond donors (Lipinski definition) is 1. The van der Waals surface area contributed by atoms with Crippen molar-refractivity contribution >= 4 is 15.9 Å². The molecule has 1 aromatic rings. The van der Waals surface area contributed by atoms with Crippen molar-refractivity contribution in [2.75, 3.05) is 0 Å². The van der Waals surface area contributed by atoms with E-state index >= 15 is 0 Å². The van der Waals surface area contributed by atoms with Crippen molar-refractivity contribution in [1.29, 1.82) is 5.26 Å². The molecule has 12 heavy (non-hydrogen) atoms. The topological polar surface area (TPSA) is 44.0 Å². The molecule has 0 atom stereocenters. The summed E-state index contributed by atoms with van der Waals surface area (Å²) in [6.07, 6.45) is 0.00995. The van der Waals surface area contributed by atoms with Crippen LogP contribution < -0.4 is 0 Å². The summed E-state index contributed by atoms with van der Waals surface area (Å²) in [6.45, 7) is 0. The molecule has 0 heterocycles. The molecule has 1 aromatic carbocycles. The summed E-state index contributed by atoms with van der Waals surface area (Å²) in [4.78, 5) is 0. The molecule has 0 radical (unpaired) electrons. The van der Waals surface area contributed by atoms with E-state index in [2.05, 4.69) is 15.9 Å². The van der Waals surface area contributed by atoms with Gasteiger partial charge in [0.05, 0.1) is 17.0 Å². The molecular weight excluding hydrogens is 225 g/mol. The first-order valence-corrected chi connectivity index (χ1v) is 3.98. The fraction of sp³-hybridized carbons (Fsp3) is 0.125. The second-order valence-corrected chi connectivity index (χ2v) is 3.08. The number of phenolic OH excluding ortho intramolecular Hbond substituents is 1. The maximum atomic E-state index is 12.8. The largest absolute Gasteiger partial charge is 0.508 e. The predicted octanol–water partition coefficient (Wildman–Crippen LogP) is 2.36. The van der Waals surface area contributed by atoms with Crippen LogP contribution in [0.15, 0.2) is 16.6 Å². The van der Waals surface area contributed by atoms with Crippen molar-refractivity contribution < 1.29 is 9.50 Å². The second kappa shape index (κ2) is 3.55. The van der Waals surface area contributed by atoms with Crippen molar-refractivity contribution in [2.24, 2.45) is 0 Å². The van der Waals surface area contributed by atoms with Crippen molar-refractivity contribution in [1.82, 2.24) is 0 Å². The summed E-state index contributed by atoms with van der Waals surface area (Å²) in [5, 5.41) is 17.5. The van der Waals surface area contributed by atoms with Gasteiger partial charge in [0.2, 0.25) is 0 Å². The molecule has 0 amide bonds. The molecule has 0 saturated heterocycles. The Labute approximate surface area is 77.4 Å². The van der Waals surface area contributed by atoms with E-state index in [9.17, 15) is 9.50 Å². The Morgan fingerprint density at radius 1 is 1.58 bits per heavy atom. The molecule has 0 saturated carbocycles. The highest BCUT2D eigenvalue weighted by Crippen LogP contribution is 2.25. The van der Waals surface area contributed by atoms with Crippen LogP contribution in [0.3, 0.4) is 0 Å². The zero-order valence-electron chi connectivity index (χ0n) is 6.01. The smallest absolute Gasteiger partial charge is 0.137 e. The van der Waals surface area contributed by atoms with Gasteiger partial charge in [-0.05, 0) is 28.1 Å². The summed E-state index contributed by atoms with van der Waals surface area (Å²) in [7, 11) is 0. The van der Waals surface area contributed by atoms with E-state index in [-0.39, 0.29) is 16.6 Å². The number of nitrogens with zero attached hydrogens (tertiary/aromatic N) is 1. The van der Waals surface area contributed by atoms with Gasteiger partial charge in [0.1, 0.15) is 11.6 Å². The third kappa shape index (κ3) is 1.74. The Hall–Kier alpha value is -1.08. The molecule has 0 aliphatic heterocycles. The summed E-state index contributed by atoms with van der Waals surface area (Å²) in [6, 6.07) is 4.21. The summed E-state index contributed by atoms with van der Waals surface area (Å²) in [5.74, 6) is -0.539. The number of rotatable bonds is 1. The number of aromatic hydroxyl groups is 1. The van der Waals surface area contributed by atoms with Crippen LogP contribution in [0.1, 0.15) is 5.56 Å². The molecule has 0 spiro atoms. The van der Waals surface area contributed by atoms with E-state index in [1.54, 1.807) is 0 Å². The Kier molecular flexibility index (Phi) is 2.66.